The van der Waals surface area contributed by atoms with Gasteiger partial charge in [-0.1, -0.05) is 42.8 Å². The van der Waals surface area contributed by atoms with Gasteiger partial charge in [-0.3, -0.25) is 0 Å². The summed E-state index contributed by atoms with van der Waals surface area (Å²) in [5.74, 6) is 0. The van der Waals surface area contributed by atoms with Crippen molar-refractivity contribution in [1.29, 1.82) is 0 Å². The molecule has 0 aliphatic heterocycles. The third kappa shape index (κ3) is 5.85. The Morgan fingerprint density at radius 2 is 1.88 bits per heavy atom. The Bertz CT molecular complexity index is 1060. The summed E-state index contributed by atoms with van der Waals surface area (Å²) in [4.78, 5) is 14.6. The number of amides is 2. The average Bonchev–Trinajstić information content (AvgIpc) is 3.17. The molecule has 0 radical (unpaired) electrons. The average molecular weight is 464 g/mol. The predicted octanol–water partition coefficient (Wildman–Crippen LogP) is 7.04. The summed E-state index contributed by atoms with van der Waals surface area (Å²) in [6.45, 7) is 4.62. The normalized spacial score (nSPS) is 12.4. The number of hydrogen-bond acceptors (Lipinski definition) is 1. The molecule has 0 saturated heterocycles. The van der Waals surface area contributed by atoms with Crippen LogP contribution in [0.5, 0.6) is 0 Å². The van der Waals surface area contributed by atoms with E-state index < -0.39 is 17.8 Å². The lowest BCUT2D eigenvalue weighted by molar-refractivity contribution is -0.136. The molecule has 1 aromatic heterocycles. The molecule has 2 aromatic carbocycles. The second kappa shape index (κ2) is 10.1. The molecule has 0 saturated carbocycles. The van der Waals surface area contributed by atoms with Crippen molar-refractivity contribution in [2.45, 2.75) is 45.6 Å². The second-order valence-electron chi connectivity index (χ2n) is 7.62. The molecule has 0 aliphatic carbocycles. The highest BCUT2D eigenvalue weighted by Gasteiger charge is 2.34. The van der Waals surface area contributed by atoms with E-state index in [9.17, 15) is 18.0 Å². The Hall–Kier alpha value is -2.93. The van der Waals surface area contributed by atoms with E-state index in [2.05, 4.69) is 5.32 Å². The number of anilines is 1. The Labute approximate surface area is 190 Å². The van der Waals surface area contributed by atoms with Crippen molar-refractivity contribution in [3.05, 3.63) is 88.7 Å². The number of carbonyl (C=O) groups excluding carboxylic acids is 1. The van der Waals surface area contributed by atoms with Crippen molar-refractivity contribution in [1.82, 2.24) is 9.47 Å². The van der Waals surface area contributed by atoms with Gasteiger partial charge in [-0.25, -0.2) is 4.79 Å². The van der Waals surface area contributed by atoms with Crippen LogP contribution in [0.2, 0.25) is 5.02 Å². The number of carbonyl (C=O) groups is 1. The van der Waals surface area contributed by atoms with Crippen LogP contribution in [0.1, 0.15) is 37.1 Å². The first-order valence-electron chi connectivity index (χ1n) is 10.3. The van der Waals surface area contributed by atoms with Crippen molar-refractivity contribution >= 4 is 23.3 Å². The second-order valence-corrected chi connectivity index (χ2v) is 8.05. The molecular weight excluding hydrogens is 439 g/mol. The van der Waals surface area contributed by atoms with Gasteiger partial charge in [0.2, 0.25) is 0 Å². The summed E-state index contributed by atoms with van der Waals surface area (Å²) >= 11 is 6.08. The number of benzene rings is 2. The Morgan fingerprint density at radius 1 is 1.12 bits per heavy atom. The minimum atomic E-state index is -4.56. The fourth-order valence-electron chi connectivity index (χ4n) is 3.43. The molecule has 0 bridgehead atoms. The lowest BCUT2D eigenvalue weighted by Gasteiger charge is -2.30. The SMILES string of the molecule is CCC(C)N(Cc1cccn1Cc1cccc(Cl)c1)C(=O)Nc1ccccc1C(F)(F)F. The molecular formula is C24H25ClF3N3O. The number of para-hydroxylation sites is 1. The van der Waals surface area contributed by atoms with Crippen molar-refractivity contribution in [2.24, 2.45) is 0 Å². The van der Waals surface area contributed by atoms with Crippen LogP contribution in [0.4, 0.5) is 23.7 Å². The van der Waals surface area contributed by atoms with E-state index in [1.54, 1.807) is 11.0 Å². The van der Waals surface area contributed by atoms with Crippen LogP contribution in [0, 0.1) is 0 Å². The van der Waals surface area contributed by atoms with Gasteiger partial charge in [0.05, 0.1) is 17.8 Å². The lowest BCUT2D eigenvalue weighted by Crippen LogP contribution is -2.41. The summed E-state index contributed by atoms with van der Waals surface area (Å²) in [6.07, 6.45) is -2.00. The topological polar surface area (TPSA) is 37.3 Å². The molecule has 0 fully saturated rings. The number of urea groups is 1. The molecule has 3 aromatic rings. The molecule has 1 N–H and O–H groups in total. The molecule has 0 aliphatic rings. The third-order valence-corrected chi connectivity index (χ3v) is 5.59. The first kappa shape index (κ1) is 23.7. The van der Waals surface area contributed by atoms with Crippen LogP contribution in [-0.4, -0.2) is 21.5 Å². The Morgan fingerprint density at radius 3 is 2.56 bits per heavy atom. The highest BCUT2D eigenvalue weighted by atomic mass is 35.5. The van der Waals surface area contributed by atoms with Crippen LogP contribution >= 0.6 is 11.6 Å². The highest BCUT2D eigenvalue weighted by molar-refractivity contribution is 6.30. The van der Waals surface area contributed by atoms with E-state index in [-0.39, 0.29) is 18.3 Å². The van der Waals surface area contributed by atoms with E-state index in [0.29, 0.717) is 18.0 Å². The van der Waals surface area contributed by atoms with E-state index in [4.69, 9.17) is 11.6 Å². The minimum Gasteiger partial charge on any atom is -0.345 e. The molecule has 1 atom stereocenters. The van der Waals surface area contributed by atoms with Gasteiger partial charge in [0.1, 0.15) is 0 Å². The molecule has 3 rings (SSSR count). The Kier molecular flexibility index (Phi) is 7.51. The smallest absolute Gasteiger partial charge is 0.345 e. The molecule has 0 spiro atoms. The largest absolute Gasteiger partial charge is 0.418 e. The van der Waals surface area contributed by atoms with E-state index in [1.807, 2.05) is 54.9 Å². The number of aromatic nitrogens is 1. The van der Waals surface area contributed by atoms with Crippen molar-refractivity contribution in [3.8, 4) is 0 Å². The van der Waals surface area contributed by atoms with Gasteiger partial charge in [-0.05, 0) is 55.3 Å². The fourth-order valence-corrected chi connectivity index (χ4v) is 3.64. The van der Waals surface area contributed by atoms with E-state index in [1.165, 1.54) is 18.2 Å². The van der Waals surface area contributed by atoms with Gasteiger partial charge in [0.15, 0.2) is 0 Å². The maximum absolute atomic E-state index is 13.3. The number of nitrogens with one attached hydrogen (secondary N) is 1. The summed E-state index contributed by atoms with van der Waals surface area (Å²) in [6, 6.07) is 15.5. The van der Waals surface area contributed by atoms with Crippen LogP contribution < -0.4 is 5.32 Å². The van der Waals surface area contributed by atoms with Crippen LogP contribution in [0.25, 0.3) is 0 Å². The molecule has 8 heteroatoms. The number of nitrogens with zero attached hydrogens (tertiary/aromatic N) is 2. The van der Waals surface area contributed by atoms with Gasteiger partial charge in [-0.2, -0.15) is 13.2 Å². The zero-order valence-electron chi connectivity index (χ0n) is 17.9. The zero-order chi connectivity index (χ0) is 23.3. The predicted molar refractivity (Wildman–Crippen MR) is 121 cm³/mol. The van der Waals surface area contributed by atoms with Crippen molar-refractivity contribution in [2.75, 3.05) is 5.32 Å². The maximum Gasteiger partial charge on any atom is 0.418 e. The number of rotatable bonds is 7. The Balaban J connectivity index is 1.82. The number of halogens is 4. The van der Waals surface area contributed by atoms with E-state index in [0.717, 1.165) is 17.3 Å². The van der Waals surface area contributed by atoms with Crippen LogP contribution in [-0.2, 0) is 19.3 Å². The van der Waals surface area contributed by atoms with Crippen molar-refractivity contribution < 1.29 is 18.0 Å². The van der Waals surface area contributed by atoms with Crippen LogP contribution in [0.15, 0.2) is 66.9 Å². The molecule has 4 nitrogen and oxygen atoms in total. The number of alkyl halides is 3. The van der Waals surface area contributed by atoms with Gasteiger partial charge in [0.25, 0.3) is 0 Å². The molecule has 1 unspecified atom stereocenters. The maximum atomic E-state index is 13.3. The van der Waals surface area contributed by atoms with Gasteiger partial charge in [0, 0.05) is 29.5 Å². The van der Waals surface area contributed by atoms with Crippen LogP contribution in [0.3, 0.4) is 0 Å². The first-order valence-corrected chi connectivity index (χ1v) is 10.7. The summed E-state index contributed by atoms with van der Waals surface area (Å²) in [5, 5.41) is 3.10. The van der Waals surface area contributed by atoms with E-state index >= 15 is 0 Å². The third-order valence-electron chi connectivity index (χ3n) is 5.36. The summed E-state index contributed by atoms with van der Waals surface area (Å²) < 4.78 is 42.0. The standard InChI is InChI=1S/C24H25ClF3N3O/c1-3-17(2)31(23(32)29-22-12-5-4-11-21(22)24(26,27)28)16-20-10-7-13-30(20)15-18-8-6-9-19(25)14-18/h4-14,17H,3,15-16H2,1-2H3,(H,29,32). The fraction of sp³-hybridized carbons (Fsp3) is 0.292. The van der Waals surface area contributed by atoms with Crippen molar-refractivity contribution in [3.63, 3.8) is 0 Å². The highest BCUT2D eigenvalue weighted by Crippen LogP contribution is 2.34. The van der Waals surface area contributed by atoms with Gasteiger partial charge in [-0.15, -0.1) is 0 Å². The molecule has 1 heterocycles. The minimum absolute atomic E-state index is 0.178. The summed E-state index contributed by atoms with van der Waals surface area (Å²) in [7, 11) is 0. The summed E-state index contributed by atoms with van der Waals surface area (Å²) in [5.41, 5.74) is 0.743. The number of hydrogen-bond donors (Lipinski definition) is 1. The molecule has 2 amide bonds. The first-order chi connectivity index (χ1) is 15.2. The lowest BCUT2D eigenvalue weighted by atomic mass is 10.1. The molecule has 170 valence electrons. The zero-order valence-corrected chi connectivity index (χ0v) is 18.6. The monoisotopic (exact) mass is 463 g/mol. The van der Waals surface area contributed by atoms with Gasteiger partial charge < -0.3 is 14.8 Å². The quantitative estimate of drug-likeness (QED) is 0.401. The molecule has 32 heavy (non-hydrogen) atoms. The van der Waals surface area contributed by atoms with Gasteiger partial charge >= 0.3 is 12.2 Å².